The molecule has 0 aliphatic carbocycles. The summed E-state index contributed by atoms with van der Waals surface area (Å²) in [6.07, 6.45) is 1.28. The van der Waals surface area contributed by atoms with Crippen LogP contribution in [0.5, 0.6) is 0 Å². The van der Waals surface area contributed by atoms with Gasteiger partial charge in [0.1, 0.15) is 10.7 Å². The SMILES string of the molecule is COC(=O)Cc1cc(C2CCN(S(=O)(=O)c3ccccc3Cl)CC2)c2cc(F)ccc2c1. The minimum Gasteiger partial charge on any atom is -0.469 e. The van der Waals surface area contributed by atoms with Gasteiger partial charge in [-0.2, -0.15) is 4.31 Å². The van der Waals surface area contributed by atoms with Crippen molar-refractivity contribution in [2.24, 2.45) is 0 Å². The van der Waals surface area contributed by atoms with Crippen LogP contribution in [-0.2, 0) is 26.0 Å². The lowest BCUT2D eigenvalue weighted by molar-refractivity contribution is -0.139. The van der Waals surface area contributed by atoms with Gasteiger partial charge < -0.3 is 4.74 Å². The number of hydrogen-bond donors (Lipinski definition) is 0. The number of benzene rings is 3. The number of esters is 1. The molecule has 1 fully saturated rings. The Hall–Kier alpha value is -2.48. The molecule has 168 valence electrons. The molecule has 3 aromatic rings. The average Bonchev–Trinajstić information content (AvgIpc) is 2.79. The third-order valence-corrected chi connectivity index (χ3v) is 8.33. The first-order valence-corrected chi connectivity index (χ1v) is 12.1. The largest absolute Gasteiger partial charge is 0.469 e. The number of carbonyl (C=O) groups is 1. The standard InChI is InChI=1S/C24H23ClFNO4S/c1-31-24(28)14-16-12-18-6-7-19(26)15-21(18)20(13-16)17-8-10-27(11-9-17)32(29,30)23-5-3-2-4-22(23)25/h2-7,12-13,15,17H,8-11,14H2,1H3. The lowest BCUT2D eigenvalue weighted by Crippen LogP contribution is -2.38. The summed E-state index contributed by atoms with van der Waals surface area (Å²) >= 11 is 6.12. The first-order valence-electron chi connectivity index (χ1n) is 10.3. The van der Waals surface area contributed by atoms with E-state index in [0.717, 1.165) is 21.9 Å². The van der Waals surface area contributed by atoms with Crippen LogP contribution < -0.4 is 0 Å². The number of fused-ring (bicyclic) bond motifs is 1. The normalized spacial score (nSPS) is 15.7. The number of ether oxygens (including phenoxy) is 1. The fraction of sp³-hybridized carbons (Fsp3) is 0.292. The fourth-order valence-corrected chi connectivity index (χ4v) is 6.27. The maximum absolute atomic E-state index is 14.0. The number of sulfonamides is 1. The highest BCUT2D eigenvalue weighted by Crippen LogP contribution is 2.36. The van der Waals surface area contributed by atoms with Crippen LogP contribution in [-0.4, -0.2) is 38.9 Å². The van der Waals surface area contributed by atoms with Crippen LogP contribution in [0.25, 0.3) is 10.8 Å². The molecule has 8 heteroatoms. The monoisotopic (exact) mass is 475 g/mol. The molecular weight excluding hydrogens is 453 g/mol. The Balaban J connectivity index is 1.63. The minimum absolute atomic E-state index is 0.0367. The van der Waals surface area contributed by atoms with Crippen molar-refractivity contribution < 1.29 is 22.3 Å². The van der Waals surface area contributed by atoms with Crippen molar-refractivity contribution in [1.82, 2.24) is 4.31 Å². The number of methoxy groups -OCH3 is 1. The van der Waals surface area contributed by atoms with Crippen molar-refractivity contribution >= 4 is 38.4 Å². The van der Waals surface area contributed by atoms with Gasteiger partial charge in [0.2, 0.25) is 10.0 Å². The van der Waals surface area contributed by atoms with Gasteiger partial charge >= 0.3 is 5.97 Å². The van der Waals surface area contributed by atoms with E-state index >= 15 is 0 Å². The molecule has 1 saturated heterocycles. The van der Waals surface area contributed by atoms with Crippen LogP contribution in [0, 0.1) is 5.82 Å². The van der Waals surface area contributed by atoms with Crippen LogP contribution in [0.15, 0.2) is 59.5 Å². The fourth-order valence-electron chi connectivity index (χ4n) is 4.30. The van der Waals surface area contributed by atoms with Gasteiger partial charge in [-0.1, -0.05) is 41.9 Å². The first kappa shape index (κ1) is 22.7. The number of rotatable bonds is 5. The van der Waals surface area contributed by atoms with Gasteiger partial charge in [0, 0.05) is 13.1 Å². The molecule has 5 nitrogen and oxygen atoms in total. The molecule has 0 unspecified atom stereocenters. The van der Waals surface area contributed by atoms with Gasteiger partial charge in [-0.3, -0.25) is 4.79 Å². The van der Waals surface area contributed by atoms with Crippen molar-refractivity contribution in [2.75, 3.05) is 20.2 Å². The molecule has 1 aliphatic heterocycles. The maximum Gasteiger partial charge on any atom is 0.309 e. The van der Waals surface area contributed by atoms with E-state index in [1.54, 1.807) is 24.3 Å². The van der Waals surface area contributed by atoms with Crippen LogP contribution in [0.4, 0.5) is 4.39 Å². The summed E-state index contributed by atoms with van der Waals surface area (Å²) in [4.78, 5) is 11.9. The van der Waals surface area contributed by atoms with Gasteiger partial charge in [0.15, 0.2) is 0 Å². The molecule has 1 aliphatic rings. The van der Waals surface area contributed by atoms with E-state index in [-0.39, 0.29) is 34.0 Å². The zero-order chi connectivity index (χ0) is 22.9. The number of carbonyl (C=O) groups excluding carboxylic acids is 1. The molecule has 0 atom stereocenters. The second-order valence-corrected chi connectivity index (χ2v) is 10.2. The number of halogens is 2. The Bertz CT molecular complexity index is 1270. The van der Waals surface area contributed by atoms with Crippen LogP contribution in [0.3, 0.4) is 0 Å². The van der Waals surface area contributed by atoms with E-state index in [1.165, 1.54) is 29.6 Å². The molecule has 1 heterocycles. The van der Waals surface area contributed by atoms with E-state index in [1.807, 2.05) is 12.1 Å². The van der Waals surface area contributed by atoms with Crippen molar-refractivity contribution in [1.29, 1.82) is 0 Å². The summed E-state index contributed by atoms with van der Waals surface area (Å²) in [5.74, 6) is -0.647. The average molecular weight is 476 g/mol. The van der Waals surface area contributed by atoms with E-state index in [2.05, 4.69) is 0 Å². The number of hydrogen-bond acceptors (Lipinski definition) is 4. The highest BCUT2D eigenvalue weighted by Gasteiger charge is 2.32. The molecule has 0 aromatic heterocycles. The highest BCUT2D eigenvalue weighted by molar-refractivity contribution is 7.89. The third-order valence-electron chi connectivity index (χ3n) is 5.93. The summed E-state index contributed by atoms with van der Waals surface area (Å²) in [6, 6.07) is 14.8. The molecule has 0 bridgehead atoms. The molecule has 4 rings (SSSR count). The molecule has 0 amide bonds. The number of piperidine rings is 1. The quantitative estimate of drug-likeness (QED) is 0.491. The molecule has 0 radical (unpaired) electrons. The Kier molecular flexibility index (Phi) is 6.51. The Morgan fingerprint density at radius 3 is 2.53 bits per heavy atom. The van der Waals surface area contributed by atoms with Crippen LogP contribution in [0.2, 0.25) is 5.02 Å². The van der Waals surface area contributed by atoms with Crippen LogP contribution >= 0.6 is 11.6 Å². The van der Waals surface area contributed by atoms with Crippen molar-refractivity contribution in [2.45, 2.75) is 30.1 Å². The van der Waals surface area contributed by atoms with Crippen molar-refractivity contribution in [3.63, 3.8) is 0 Å². The third kappa shape index (κ3) is 4.51. The topological polar surface area (TPSA) is 63.7 Å². The van der Waals surface area contributed by atoms with Gasteiger partial charge in [0.05, 0.1) is 18.6 Å². The van der Waals surface area contributed by atoms with Crippen LogP contribution in [0.1, 0.15) is 29.9 Å². The highest BCUT2D eigenvalue weighted by atomic mass is 35.5. The van der Waals surface area contributed by atoms with Crippen molar-refractivity contribution in [3.05, 3.63) is 76.6 Å². The Morgan fingerprint density at radius 1 is 1.12 bits per heavy atom. The second-order valence-electron chi connectivity index (χ2n) is 7.91. The molecular formula is C24H23ClFNO4S. The summed E-state index contributed by atoms with van der Waals surface area (Å²) < 4.78 is 46.4. The number of nitrogens with zero attached hydrogens (tertiary/aromatic N) is 1. The maximum atomic E-state index is 14.0. The smallest absolute Gasteiger partial charge is 0.309 e. The molecule has 3 aromatic carbocycles. The Morgan fingerprint density at radius 2 is 1.84 bits per heavy atom. The summed E-state index contributed by atoms with van der Waals surface area (Å²) in [7, 11) is -2.35. The van der Waals surface area contributed by atoms with Gasteiger partial charge in [-0.15, -0.1) is 0 Å². The van der Waals surface area contributed by atoms with Gasteiger partial charge in [-0.05, 0) is 64.9 Å². The second kappa shape index (κ2) is 9.17. The lowest BCUT2D eigenvalue weighted by atomic mass is 9.85. The van der Waals surface area contributed by atoms with Gasteiger partial charge in [0.25, 0.3) is 0 Å². The zero-order valence-corrected chi connectivity index (χ0v) is 19.1. The van der Waals surface area contributed by atoms with E-state index < -0.39 is 10.0 Å². The van der Waals surface area contributed by atoms with Gasteiger partial charge in [-0.25, -0.2) is 12.8 Å². The molecule has 0 spiro atoms. The molecule has 0 saturated carbocycles. The predicted molar refractivity (Wildman–Crippen MR) is 122 cm³/mol. The lowest BCUT2D eigenvalue weighted by Gasteiger charge is -2.32. The summed E-state index contributed by atoms with van der Waals surface area (Å²) in [5, 5.41) is 1.83. The van der Waals surface area contributed by atoms with E-state index in [9.17, 15) is 17.6 Å². The first-order chi connectivity index (χ1) is 15.3. The minimum atomic E-state index is -3.69. The predicted octanol–water partition coefficient (Wildman–Crippen LogP) is 4.92. The summed E-state index contributed by atoms with van der Waals surface area (Å²) in [6.45, 7) is 0.659. The zero-order valence-electron chi connectivity index (χ0n) is 17.6. The van der Waals surface area contributed by atoms with E-state index in [4.69, 9.17) is 16.3 Å². The summed E-state index contributed by atoms with van der Waals surface area (Å²) in [5.41, 5.74) is 1.72. The molecule has 32 heavy (non-hydrogen) atoms. The molecule has 0 N–H and O–H groups in total. The Labute approximate surface area is 191 Å². The van der Waals surface area contributed by atoms with Crippen molar-refractivity contribution in [3.8, 4) is 0 Å². The van der Waals surface area contributed by atoms with E-state index in [0.29, 0.717) is 25.9 Å².